The molecule has 1 unspecified atom stereocenters. The van der Waals surface area contributed by atoms with E-state index in [0.29, 0.717) is 12.3 Å². The first kappa shape index (κ1) is 12.0. The van der Waals surface area contributed by atoms with E-state index in [-0.39, 0.29) is 6.10 Å². The van der Waals surface area contributed by atoms with Gasteiger partial charge in [-0.15, -0.1) is 0 Å². The summed E-state index contributed by atoms with van der Waals surface area (Å²) in [6.45, 7) is 4.22. The van der Waals surface area contributed by atoms with E-state index < -0.39 is 0 Å². The van der Waals surface area contributed by atoms with Gasteiger partial charge < -0.3 is 5.11 Å². The van der Waals surface area contributed by atoms with E-state index in [1.165, 1.54) is 0 Å². The van der Waals surface area contributed by atoms with Crippen LogP contribution in [0.2, 0.25) is 0 Å². The van der Waals surface area contributed by atoms with E-state index in [1.54, 1.807) is 6.20 Å². The summed E-state index contributed by atoms with van der Waals surface area (Å²) in [7, 11) is 0. The van der Waals surface area contributed by atoms with Gasteiger partial charge in [-0.2, -0.15) is 10.2 Å². The first-order valence-corrected chi connectivity index (χ1v) is 6.04. The Hall–Kier alpha value is -1.48. The monoisotopic (exact) mass is 230 g/mol. The van der Waals surface area contributed by atoms with Crippen LogP contribution in [0.5, 0.6) is 0 Å². The highest BCUT2D eigenvalue weighted by Gasteiger charge is 2.11. The highest BCUT2D eigenvalue weighted by atomic mass is 16.3. The van der Waals surface area contributed by atoms with Gasteiger partial charge in [0.2, 0.25) is 0 Å². The molecule has 0 aliphatic carbocycles. The molecule has 2 aromatic rings. The second kappa shape index (κ2) is 5.23. The van der Waals surface area contributed by atoms with E-state index in [4.69, 9.17) is 0 Å². The maximum atomic E-state index is 9.96. The van der Waals surface area contributed by atoms with Crippen LogP contribution in [0.3, 0.4) is 0 Å². The number of benzene rings is 1. The first-order valence-electron chi connectivity index (χ1n) is 6.04. The summed E-state index contributed by atoms with van der Waals surface area (Å²) in [5, 5.41) is 20.3. The number of hydrogen-bond donors (Lipinski definition) is 1. The summed E-state index contributed by atoms with van der Waals surface area (Å²) in [5.41, 5.74) is 0.885. The highest BCUT2D eigenvalue weighted by molar-refractivity contribution is 5.83. The number of aliphatic hydroxyl groups excluding tert-OH is 1. The zero-order chi connectivity index (χ0) is 12.3. The van der Waals surface area contributed by atoms with Gasteiger partial charge in [-0.3, -0.25) is 0 Å². The number of nitrogens with zero attached hydrogens (tertiary/aromatic N) is 2. The molecule has 3 nitrogen and oxygen atoms in total. The molecule has 0 saturated heterocycles. The summed E-state index contributed by atoms with van der Waals surface area (Å²) >= 11 is 0. The second-order valence-electron chi connectivity index (χ2n) is 4.87. The van der Waals surface area contributed by atoms with Gasteiger partial charge in [0.05, 0.1) is 18.0 Å². The SMILES string of the molecule is CC(C)CC(O)Cc1nncc2ccccc12. The van der Waals surface area contributed by atoms with Crippen LogP contribution in [0.15, 0.2) is 30.5 Å². The lowest BCUT2D eigenvalue weighted by atomic mass is 10.0. The Morgan fingerprint density at radius 1 is 1.24 bits per heavy atom. The van der Waals surface area contributed by atoms with Gasteiger partial charge in [-0.25, -0.2) is 0 Å². The molecule has 0 aliphatic heterocycles. The third-order valence-corrected chi connectivity index (χ3v) is 2.82. The lowest BCUT2D eigenvalue weighted by Crippen LogP contribution is -2.14. The van der Waals surface area contributed by atoms with Crippen molar-refractivity contribution in [3.8, 4) is 0 Å². The van der Waals surface area contributed by atoms with E-state index in [9.17, 15) is 5.11 Å². The molecule has 0 saturated carbocycles. The van der Waals surface area contributed by atoms with Crippen LogP contribution in [0, 0.1) is 5.92 Å². The van der Waals surface area contributed by atoms with Crippen LogP contribution >= 0.6 is 0 Å². The minimum atomic E-state index is -0.338. The normalized spacial score (nSPS) is 13.2. The van der Waals surface area contributed by atoms with Crippen molar-refractivity contribution in [1.29, 1.82) is 0 Å². The molecule has 0 aliphatic rings. The number of fused-ring (bicyclic) bond motifs is 1. The van der Waals surface area contributed by atoms with Crippen molar-refractivity contribution in [3.05, 3.63) is 36.2 Å². The number of aromatic nitrogens is 2. The molecule has 0 fully saturated rings. The summed E-state index contributed by atoms with van der Waals surface area (Å²) in [4.78, 5) is 0. The van der Waals surface area contributed by atoms with Crippen molar-refractivity contribution in [3.63, 3.8) is 0 Å². The molecule has 3 heteroatoms. The Morgan fingerprint density at radius 2 is 2.00 bits per heavy atom. The molecule has 0 amide bonds. The Kier molecular flexibility index (Phi) is 3.69. The van der Waals surface area contributed by atoms with E-state index in [1.807, 2.05) is 24.3 Å². The largest absolute Gasteiger partial charge is 0.393 e. The zero-order valence-electron chi connectivity index (χ0n) is 10.3. The molecule has 1 N–H and O–H groups in total. The predicted molar refractivity (Wildman–Crippen MR) is 68.7 cm³/mol. The van der Waals surface area contributed by atoms with Crippen molar-refractivity contribution >= 4 is 10.8 Å². The molecular formula is C14H18N2O. The number of aliphatic hydroxyl groups is 1. The standard InChI is InChI=1S/C14H18N2O/c1-10(2)7-12(17)8-14-13-6-4-3-5-11(13)9-15-16-14/h3-6,9-10,12,17H,7-8H2,1-2H3. The molecule has 2 rings (SSSR count). The fourth-order valence-electron chi connectivity index (χ4n) is 2.09. The Balaban J connectivity index is 2.24. The number of hydrogen-bond acceptors (Lipinski definition) is 3. The van der Waals surface area contributed by atoms with Crippen molar-refractivity contribution in [2.75, 3.05) is 0 Å². The average molecular weight is 230 g/mol. The Morgan fingerprint density at radius 3 is 2.76 bits per heavy atom. The molecule has 0 bridgehead atoms. The topological polar surface area (TPSA) is 46.0 Å². The summed E-state index contributed by atoms with van der Waals surface area (Å²) < 4.78 is 0. The summed E-state index contributed by atoms with van der Waals surface area (Å²) in [5.74, 6) is 0.493. The van der Waals surface area contributed by atoms with E-state index >= 15 is 0 Å². The van der Waals surface area contributed by atoms with Crippen LogP contribution in [-0.2, 0) is 6.42 Å². The maximum Gasteiger partial charge on any atom is 0.0735 e. The highest BCUT2D eigenvalue weighted by Crippen LogP contribution is 2.18. The lowest BCUT2D eigenvalue weighted by Gasteiger charge is -2.13. The molecule has 1 heterocycles. The number of rotatable bonds is 4. The molecule has 90 valence electrons. The molecule has 1 aromatic carbocycles. The fourth-order valence-corrected chi connectivity index (χ4v) is 2.09. The van der Waals surface area contributed by atoms with Gasteiger partial charge in [0.15, 0.2) is 0 Å². The van der Waals surface area contributed by atoms with Crippen molar-refractivity contribution in [2.45, 2.75) is 32.8 Å². The van der Waals surface area contributed by atoms with Crippen LogP contribution in [0.25, 0.3) is 10.8 Å². The third kappa shape index (κ3) is 3.01. The van der Waals surface area contributed by atoms with Crippen molar-refractivity contribution in [2.24, 2.45) is 5.92 Å². The molecule has 1 aromatic heterocycles. The van der Waals surface area contributed by atoms with Gasteiger partial charge in [0.1, 0.15) is 0 Å². The molecule has 17 heavy (non-hydrogen) atoms. The maximum absolute atomic E-state index is 9.96. The Bertz CT molecular complexity index is 491. The molecule has 1 atom stereocenters. The quantitative estimate of drug-likeness (QED) is 0.878. The predicted octanol–water partition coefficient (Wildman–Crippen LogP) is 2.58. The van der Waals surface area contributed by atoms with Gasteiger partial charge in [-0.1, -0.05) is 38.1 Å². The van der Waals surface area contributed by atoms with Gasteiger partial charge in [0, 0.05) is 17.2 Å². The minimum Gasteiger partial charge on any atom is -0.393 e. The summed E-state index contributed by atoms with van der Waals surface area (Å²) in [6, 6.07) is 8.02. The van der Waals surface area contributed by atoms with Gasteiger partial charge >= 0.3 is 0 Å². The van der Waals surface area contributed by atoms with E-state index in [2.05, 4.69) is 24.0 Å². The molecule has 0 spiro atoms. The minimum absolute atomic E-state index is 0.338. The first-order chi connectivity index (χ1) is 8.16. The Labute approximate surface area is 102 Å². The van der Waals surface area contributed by atoms with Crippen molar-refractivity contribution < 1.29 is 5.11 Å². The third-order valence-electron chi connectivity index (χ3n) is 2.82. The molecular weight excluding hydrogens is 212 g/mol. The summed E-state index contributed by atoms with van der Waals surface area (Å²) in [6.07, 6.45) is 2.79. The van der Waals surface area contributed by atoms with Crippen LogP contribution in [0.4, 0.5) is 0 Å². The smallest absolute Gasteiger partial charge is 0.0735 e. The van der Waals surface area contributed by atoms with Gasteiger partial charge in [0.25, 0.3) is 0 Å². The zero-order valence-corrected chi connectivity index (χ0v) is 10.3. The van der Waals surface area contributed by atoms with Crippen molar-refractivity contribution in [1.82, 2.24) is 10.2 Å². The average Bonchev–Trinajstić information content (AvgIpc) is 2.28. The van der Waals surface area contributed by atoms with Gasteiger partial charge in [-0.05, 0) is 12.3 Å². The fraction of sp³-hybridized carbons (Fsp3) is 0.429. The van der Waals surface area contributed by atoms with Crippen LogP contribution < -0.4 is 0 Å². The van der Waals surface area contributed by atoms with Crippen LogP contribution in [0.1, 0.15) is 26.0 Å². The lowest BCUT2D eigenvalue weighted by molar-refractivity contribution is 0.148. The van der Waals surface area contributed by atoms with Crippen LogP contribution in [-0.4, -0.2) is 21.4 Å². The molecule has 0 radical (unpaired) electrons. The van der Waals surface area contributed by atoms with E-state index in [0.717, 1.165) is 22.9 Å². The second-order valence-corrected chi connectivity index (χ2v) is 4.87.